The number of anilines is 2. The molecule has 0 bridgehead atoms. The van der Waals surface area contributed by atoms with Crippen molar-refractivity contribution in [1.29, 1.82) is 0 Å². The van der Waals surface area contributed by atoms with Gasteiger partial charge in [0.05, 0.1) is 12.3 Å². The van der Waals surface area contributed by atoms with Crippen molar-refractivity contribution in [3.8, 4) is 5.75 Å². The van der Waals surface area contributed by atoms with Gasteiger partial charge >= 0.3 is 6.18 Å². The molecular formula is C13H11ClF3N3O. The molecule has 0 fully saturated rings. The van der Waals surface area contributed by atoms with Crippen LogP contribution in [0.4, 0.5) is 24.7 Å². The highest BCUT2D eigenvalue weighted by molar-refractivity contribution is 6.29. The zero-order valence-corrected chi connectivity index (χ0v) is 11.7. The maximum Gasteiger partial charge on any atom is 0.451 e. The number of alkyl halides is 3. The van der Waals surface area contributed by atoms with Gasteiger partial charge in [0.15, 0.2) is 0 Å². The van der Waals surface area contributed by atoms with Gasteiger partial charge in [-0.25, -0.2) is 9.97 Å². The van der Waals surface area contributed by atoms with Gasteiger partial charge in [-0.1, -0.05) is 23.7 Å². The number of rotatable bonds is 4. The normalized spacial score (nSPS) is 11.3. The van der Waals surface area contributed by atoms with E-state index in [0.29, 0.717) is 18.0 Å². The number of hydrogen-bond acceptors (Lipinski definition) is 4. The minimum Gasteiger partial charge on any atom is -0.492 e. The van der Waals surface area contributed by atoms with E-state index in [1.54, 1.807) is 31.2 Å². The van der Waals surface area contributed by atoms with Gasteiger partial charge < -0.3 is 10.1 Å². The lowest BCUT2D eigenvalue weighted by molar-refractivity contribution is -0.144. The van der Waals surface area contributed by atoms with Crippen molar-refractivity contribution >= 4 is 23.1 Å². The molecule has 0 radical (unpaired) electrons. The van der Waals surface area contributed by atoms with E-state index >= 15 is 0 Å². The van der Waals surface area contributed by atoms with Crippen molar-refractivity contribution in [2.75, 3.05) is 11.9 Å². The van der Waals surface area contributed by atoms with Gasteiger partial charge in [0.2, 0.25) is 5.82 Å². The molecule has 1 aromatic carbocycles. The van der Waals surface area contributed by atoms with Gasteiger partial charge in [0, 0.05) is 6.07 Å². The van der Waals surface area contributed by atoms with Crippen LogP contribution in [-0.4, -0.2) is 16.6 Å². The van der Waals surface area contributed by atoms with Gasteiger partial charge in [0.25, 0.3) is 0 Å². The molecule has 0 unspecified atom stereocenters. The average Bonchev–Trinajstić information content (AvgIpc) is 2.40. The summed E-state index contributed by atoms with van der Waals surface area (Å²) in [5, 5.41) is 2.45. The van der Waals surface area contributed by atoms with E-state index < -0.39 is 12.0 Å². The maximum absolute atomic E-state index is 12.7. The second-order valence-electron chi connectivity index (χ2n) is 3.95. The van der Waals surface area contributed by atoms with Crippen LogP contribution in [0.5, 0.6) is 5.75 Å². The van der Waals surface area contributed by atoms with Crippen LogP contribution in [0.1, 0.15) is 12.7 Å². The Kier molecular flexibility index (Phi) is 4.52. The molecule has 21 heavy (non-hydrogen) atoms. The van der Waals surface area contributed by atoms with Gasteiger partial charge in [-0.2, -0.15) is 13.2 Å². The molecular weight excluding hydrogens is 307 g/mol. The summed E-state index contributed by atoms with van der Waals surface area (Å²) in [6, 6.07) is 8.04. The Morgan fingerprint density at radius 3 is 2.62 bits per heavy atom. The first-order chi connectivity index (χ1) is 9.90. The first kappa shape index (κ1) is 15.4. The van der Waals surface area contributed by atoms with Crippen molar-refractivity contribution in [1.82, 2.24) is 9.97 Å². The summed E-state index contributed by atoms with van der Waals surface area (Å²) in [6.45, 7) is 2.23. The average molecular weight is 318 g/mol. The fourth-order valence-corrected chi connectivity index (χ4v) is 1.78. The van der Waals surface area contributed by atoms with E-state index in [-0.39, 0.29) is 11.0 Å². The molecule has 2 aromatic rings. The molecule has 0 amide bonds. The van der Waals surface area contributed by atoms with Crippen molar-refractivity contribution in [3.05, 3.63) is 41.3 Å². The van der Waals surface area contributed by atoms with Gasteiger partial charge in [-0.15, -0.1) is 0 Å². The van der Waals surface area contributed by atoms with Crippen LogP contribution < -0.4 is 10.1 Å². The van der Waals surface area contributed by atoms with Crippen LogP contribution in [0.15, 0.2) is 30.3 Å². The quantitative estimate of drug-likeness (QED) is 0.854. The number of halogens is 4. The lowest BCUT2D eigenvalue weighted by Crippen LogP contribution is -2.12. The van der Waals surface area contributed by atoms with Crippen molar-refractivity contribution < 1.29 is 17.9 Å². The molecule has 1 heterocycles. The van der Waals surface area contributed by atoms with E-state index in [4.69, 9.17) is 16.3 Å². The Labute approximate surface area is 123 Å². The van der Waals surface area contributed by atoms with Crippen molar-refractivity contribution in [2.45, 2.75) is 13.1 Å². The topological polar surface area (TPSA) is 47.0 Å². The third-order valence-corrected chi connectivity index (χ3v) is 2.59. The SMILES string of the molecule is CCOc1ccccc1Nc1cc(Cl)nc(C(F)(F)F)n1. The highest BCUT2D eigenvalue weighted by Gasteiger charge is 2.35. The molecule has 112 valence electrons. The molecule has 0 spiro atoms. The summed E-state index contributed by atoms with van der Waals surface area (Å²) < 4.78 is 43.3. The van der Waals surface area contributed by atoms with E-state index in [1.807, 2.05) is 0 Å². The first-order valence-electron chi connectivity index (χ1n) is 6.00. The monoisotopic (exact) mass is 317 g/mol. The zero-order chi connectivity index (χ0) is 15.5. The molecule has 0 aliphatic rings. The van der Waals surface area contributed by atoms with Gasteiger partial charge in [0.1, 0.15) is 16.7 Å². The predicted octanol–water partition coefficient (Wildman–Crippen LogP) is 4.29. The van der Waals surface area contributed by atoms with Crippen LogP contribution in [-0.2, 0) is 6.18 Å². The summed E-state index contributed by atoms with van der Waals surface area (Å²) >= 11 is 5.60. The fraction of sp³-hybridized carbons (Fsp3) is 0.231. The zero-order valence-electron chi connectivity index (χ0n) is 10.9. The van der Waals surface area contributed by atoms with Crippen LogP contribution in [0.25, 0.3) is 0 Å². The van der Waals surface area contributed by atoms with Crippen LogP contribution in [0.3, 0.4) is 0 Å². The third kappa shape index (κ3) is 3.98. The lowest BCUT2D eigenvalue weighted by Gasteiger charge is -2.13. The molecule has 8 heteroatoms. The van der Waals surface area contributed by atoms with Gasteiger partial charge in [-0.05, 0) is 19.1 Å². The Morgan fingerprint density at radius 2 is 1.95 bits per heavy atom. The predicted molar refractivity (Wildman–Crippen MR) is 72.9 cm³/mol. The minimum absolute atomic E-state index is 0.0607. The number of benzene rings is 1. The second kappa shape index (κ2) is 6.17. The second-order valence-corrected chi connectivity index (χ2v) is 4.34. The van der Waals surface area contributed by atoms with Crippen LogP contribution in [0.2, 0.25) is 5.15 Å². The summed E-state index contributed by atoms with van der Waals surface area (Å²) in [7, 11) is 0. The minimum atomic E-state index is -4.67. The molecule has 1 aromatic heterocycles. The van der Waals surface area contributed by atoms with Crippen molar-refractivity contribution in [3.63, 3.8) is 0 Å². The number of nitrogens with zero attached hydrogens (tertiary/aromatic N) is 2. The van der Waals surface area contributed by atoms with E-state index in [9.17, 15) is 13.2 Å². The van der Waals surface area contributed by atoms with E-state index in [2.05, 4.69) is 15.3 Å². The highest BCUT2D eigenvalue weighted by atomic mass is 35.5. The Bertz CT molecular complexity index is 634. The number of ether oxygens (including phenoxy) is 1. The Morgan fingerprint density at radius 1 is 1.24 bits per heavy atom. The highest BCUT2D eigenvalue weighted by Crippen LogP contribution is 2.31. The summed E-state index contributed by atoms with van der Waals surface area (Å²) in [5.41, 5.74) is 0.488. The summed E-state index contributed by atoms with van der Waals surface area (Å²) in [5.74, 6) is -0.857. The van der Waals surface area contributed by atoms with E-state index in [1.165, 1.54) is 6.07 Å². The largest absolute Gasteiger partial charge is 0.492 e. The summed E-state index contributed by atoms with van der Waals surface area (Å²) in [6.07, 6.45) is -4.67. The fourth-order valence-electron chi connectivity index (χ4n) is 1.60. The molecule has 2 rings (SSSR count). The molecule has 0 saturated carbocycles. The van der Waals surface area contributed by atoms with Crippen molar-refractivity contribution in [2.24, 2.45) is 0 Å². The lowest BCUT2D eigenvalue weighted by atomic mass is 10.3. The van der Waals surface area contributed by atoms with Crippen LogP contribution in [0, 0.1) is 0 Å². The standard InChI is InChI=1S/C13H11ClF3N3O/c1-2-21-9-6-4-3-5-8(9)18-11-7-10(14)19-12(20-11)13(15,16)17/h3-7H,2H2,1H3,(H,18,19,20). The first-order valence-corrected chi connectivity index (χ1v) is 6.38. The molecule has 0 atom stereocenters. The van der Waals surface area contributed by atoms with Crippen LogP contribution >= 0.6 is 11.6 Å². The molecule has 4 nitrogen and oxygen atoms in total. The maximum atomic E-state index is 12.7. The molecule has 0 aliphatic heterocycles. The Balaban J connectivity index is 2.34. The van der Waals surface area contributed by atoms with Gasteiger partial charge in [-0.3, -0.25) is 0 Å². The summed E-state index contributed by atoms with van der Waals surface area (Å²) in [4.78, 5) is 6.58. The number of para-hydroxylation sites is 2. The molecule has 0 aliphatic carbocycles. The Hall–Kier alpha value is -2.02. The number of aromatic nitrogens is 2. The molecule has 0 saturated heterocycles. The number of hydrogen-bond donors (Lipinski definition) is 1. The van der Waals surface area contributed by atoms with E-state index in [0.717, 1.165) is 0 Å². The smallest absolute Gasteiger partial charge is 0.451 e. The number of nitrogens with one attached hydrogen (secondary N) is 1. The third-order valence-electron chi connectivity index (χ3n) is 2.40. The molecule has 1 N–H and O–H groups in total.